The molecule has 4 heteroatoms. The van der Waals surface area contributed by atoms with Crippen LogP contribution in [0.1, 0.15) is 15.9 Å². The van der Waals surface area contributed by atoms with Crippen LogP contribution in [0, 0.1) is 0 Å². The molecule has 0 unspecified atom stereocenters. The topological polar surface area (TPSA) is 52.3 Å². The van der Waals surface area contributed by atoms with Crippen molar-refractivity contribution in [3.05, 3.63) is 59.7 Å². The van der Waals surface area contributed by atoms with E-state index >= 15 is 0 Å². The summed E-state index contributed by atoms with van der Waals surface area (Å²) in [6.07, 6.45) is 0. The molecule has 0 fully saturated rings. The molecule has 0 atom stereocenters. The number of rotatable bonds is 4. The van der Waals surface area contributed by atoms with Gasteiger partial charge in [-0.3, -0.25) is 0 Å². The fourth-order valence-corrected chi connectivity index (χ4v) is 2.68. The molecule has 0 aliphatic rings. The SMILES string of the molecule is COC(=O)c1c(N)cccc1CSc1ccccc1. The maximum atomic E-state index is 11.8. The minimum absolute atomic E-state index is 0.387. The highest BCUT2D eigenvalue weighted by Gasteiger charge is 2.15. The summed E-state index contributed by atoms with van der Waals surface area (Å²) in [5, 5.41) is 0. The zero-order valence-electron chi connectivity index (χ0n) is 10.6. The van der Waals surface area contributed by atoms with Gasteiger partial charge in [0.15, 0.2) is 0 Å². The summed E-state index contributed by atoms with van der Waals surface area (Å²) in [4.78, 5) is 12.9. The van der Waals surface area contributed by atoms with E-state index in [0.717, 1.165) is 10.5 Å². The molecule has 0 saturated heterocycles. The molecule has 2 aromatic carbocycles. The van der Waals surface area contributed by atoms with Gasteiger partial charge in [0.25, 0.3) is 0 Å². The molecule has 0 saturated carbocycles. The van der Waals surface area contributed by atoms with E-state index in [1.807, 2.05) is 42.5 Å². The lowest BCUT2D eigenvalue weighted by Crippen LogP contribution is -2.09. The van der Waals surface area contributed by atoms with Crippen molar-refractivity contribution in [2.75, 3.05) is 12.8 Å². The summed E-state index contributed by atoms with van der Waals surface area (Å²) in [6, 6.07) is 15.5. The van der Waals surface area contributed by atoms with E-state index < -0.39 is 0 Å². The molecule has 2 rings (SSSR count). The predicted molar refractivity (Wildman–Crippen MR) is 78.2 cm³/mol. The summed E-state index contributed by atoms with van der Waals surface area (Å²) in [5.41, 5.74) is 7.67. The van der Waals surface area contributed by atoms with Gasteiger partial charge < -0.3 is 10.5 Å². The van der Waals surface area contributed by atoms with E-state index in [2.05, 4.69) is 0 Å². The number of carbonyl (C=O) groups excluding carboxylic acids is 1. The Kier molecular flexibility index (Phi) is 4.47. The number of nitrogens with two attached hydrogens (primary N) is 1. The Morgan fingerprint density at radius 3 is 2.58 bits per heavy atom. The normalized spacial score (nSPS) is 10.2. The molecule has 0 aromatic heterocycles. The summed E-state index contributed by atoms with van der Waals surface area (Å²) < 4.78 is 4.78. The fourth-order valence-electron chi connectivity index (χ4n) is 1.77. The van der Waals surface area contributed by atoms with Crippen LogP contribution in [0.5, 0.6) is 0 Å². The Hall–Kier alpha value is -1.94. The Bertz CT molecular complexity index is 570. The van der Waals surface area contributed by atoms with Crippen molar-refractivity contribution in [3.63, 3.8) is 0 Å². The highest BCUT2D eigenvalue weighted by Crippen LogP contribution is 2.27. The summed E-state index contributed by atoms with van der Waals surface area (Å²) in [6.45, 7) is 0. The lowest BCUT2D eigenvalue weighted by molar-refractivity contribution is 0.0601. The molecular weight excluding hydrogens is 258 g/mol. The van der Waals surface area contributed by atoms with Crippen molar-refractivity contribution < 1.29 is 9.53 Å². The van der Waals surface area contributed by atoms with Gasteiger partial charge in [-0.1, -0.05) is 30.3 Å². The van der Waals surface area contributed by atoms with Crippen molar-refractivity contribution in [1.82, 2.24) is 0 Å². The van der Waals surface area contributed by atoms with Gasteiger partial charge in [-0.25, -0.2) is 4.79 Å². The van der Waals surface area contributed by atoms with Crippen LogP contribution in [-0.4, -0.2) is 13.1 Å². The van der Waals surface area contributed by atoms with Crippen LogP contribution in [0.3, 0.4) is 0 Å². The highest BCUT2D eigenvalue weighted by molar-refractivity contribution is 7.98. The van der Waals surface area contributed by atoms with Gasteiger partial charge in [-0.2, -0.15) is 0 Å². The van der Waals surface area contributed by atoms with E-state index in [-0.39, 0.29) is 5.97 Å². The average molecular weight is 273 g/mol. The average Bonchev–Trinajstić information content (AvgIpc) is 2.45. The van der Waals surface area contributed by atoms with Crippen LogP contribution in [-0.2, 0) is 10.5 Å². The molecular formula is C15H15NO2S. The number of esters is 1. The molecule has 0 bridgehead atoms. The second-order valence-corrected chi connectivity index (χ2v) is 5.02. The van der Waals surface area contributed by atoms with Gasteiger partial charge in [-0.15, -0.1) is 11.8 Å². The van der Waals surface area contributed by atoms with Crippen LogP contribution in [0.15, 0.2) is 53.4 Å². The van der Waals surface area contributed by atoms with Crippen molar-refractivity contribution in [1.29, 1.82) is 0 Å². The number of carbonyl (C=O) groups is 1. The van der Waals surface area contributed by atoms with Gasteiger partial charge >= 0.3 is 5.97 Å². The smallest absolute Gasteiger partial charge is 0.340 e. The zero-order chi connectivity index (χ0) is 13.7. The van der Waals surface area contributed by atoms with Gasteiger partial charge in [0.1, 0.15) is 0 Å². The van der Waals surface area contributed by atoms with E-state index in [1.54, 1.807) is 17.8 Å². The molecule has 2 aromatic rings. The molecule has 98 valence electrons. The third-order valence-electron chi connectivity index (χ3n) is 2.71. The molecule has 2 N–H and O–H groups in total. The van der Waals surface area contributed by atoms with E-state index in [0.29, 0.717) is 17.0 Å². The van der Waals surface area contributed by atoms with Gasteiger partial charge in [0.05, 0.1) is 12.7 Å². The highest BCUT2D eigenvalue weighted by atomic mass is 32.2. The summed E-state index contributed by atoms with van der Waals surface area (Å²) >= 11 is 1.66. The Morgan fingerprint density at radius 2 is 1.89 bits per heavy atom. The number of hydrogen-bond donors (Lipinski definition) is 1. The number of hydrogen-bond acceptors (Lipinski definition) is 4. The number of anilines is 1. The van der Waals surface area contributed by atoms with Crippen LogP contribution >= 0.6 is 11.8 Å². The number of ether oxygens (including phenoxy) is 1. The Balaban J connectivity index is 2.21. The second-order valence-electron chi connectivity index (χ2n) is 3.97. The molecule has 3 nitrogen and oxygen atoms in total. The number of thioether (sulfide) groups is 1. The van der Waals surface area contributed by atoms with Crippen LogP contribution < -0.4 is 5.73 Å². The van der Waals surface area contributed by atoms with Gasteiger partial charge in [0, 0.05) is 16.3 Å². The van der Waals surface area contributed by atoms with Crippen molar-refractivity contribution in [2.24, 2.45) is 0 Å². The van der Waals surface area contributed by atoms with Crippen molar-refractivity contribution in [2.45, 2.75) is 10.6 Å². The van der Waals surface area contributed by atoms with Crippen molar-refractivity contribution in [3.8, 4) is 0 Å². The Labute approximate surface area is 116 Å². The number of benzene rings is 2. The van der Waals surface area contributed by atoms with Crippen molar-refractivity contribution >= 4 is 23.4 Å². The lowest BCUT2D eigenvalue weighted by atomic mass is 10.1. The minimum atomic E-state index is -0.387. The van der Waals surface area contributed by atoms with Crippen LogP contribution in [0.2, 0.25) is 0 Å². The first-order valence-corrected chi connectivity index (χ1v) is 6.84. The number of methoxy groups -OCH3 is 1. The fraction of sp³-hybridized carbons (Fsp3) is 0.133. The Morgan fingerprint density at radius 1 is 1.16 bits per heavy atom. The monoisotopic (exact) mass is 273 g/mol. The molecule has 0 spiro atoms. The van der Waals surface area contributed by atoms with Gasteiger partial charge in [0.2, 0.25) is 0 Å². The maximum Gasteiger partial charge on any atom is 0.340 e. The quantitative estimate of drug-likeness (QED) is 0.527. The lowest BCUT2D eigenvalue weighted by Gasteiger charge is -2.10. The molecule has 0 aliphatic carbocycles. The first-order chi connectivity index (χ1) is 9.22. The first-order valence-electron chi connectivity index (χ1n) is 5.86. The largest absolute Gasteiger partial charge is 0.465 e. The van der Waals surface area contributed by atoms with Crippen LogP contribution in [0.4, 0.5) is 5.69 Å². The summed E-state index contributed by atoms with van der Waals surface area (Å²) in [7, 11) is 1.36. The van der Waals surface area contributed by atoms with E-state index in [4.69, 9.17) is 10.5 Å². The zero-order valence-corrected chi connectivity index (χ0v) is 11.4. The molecule has 0 heterocycles. The predicted octanol–water partition coefficient (Wildman–Crippen LogP) is 3.35. The molecule has 19 heavy (non-hydrogen) atoms. The maximum absolute atomic E-state index is 11.8. The van der Waals surface area contributed by atoms with Gasteiger partial charge in [-0.05, 0) is 23.8 Å². The van der Waals surface area contributed by atoms with E-state index in [9.17, 15) is 4.79 Å². The molecule has 0 aliphatic heterocycles. The first kappa shape index (κ1) is 13.5. The van der Waals surface area contributed by atoms with E-state index in [1.165, 1.54) is 7.11 Å². The second kappa shape index (κ2) is 6.29. The third-order valence-corrected chi connectivity index (χ3v) is 3.77. The molecule has 0 radical (unpaired) electrons. The van der Waals surface area contributed by atoms with Crippen LogP contribution in [0.25, 0.3) is 0 Å². The minimum Gasteiger partial charge on any atom is -0.465 e. The standard InChI is InChI=1S/C15H15NO2S/c1-18-15(17)14-11(6-5-9-13(14)16)10-19-12-7-3-2-4-8-12/h2-9H,10,16H2,1H3. The molecule has 0 amide bonds. The number of nitrogen functional groups attached to an aromatic ring is 1. The third kappa shape index (κ3) is 3.29. The summed E-state index contributed by atoms with van der Waals surface area (Å²) in [5.74, 6) is 0.293.